The molecule has 5 heteroatoms. The Balaban J connectivity index is 1.59. The molecule has 1 aliphatic heterocycles. The summed E-state index contributed by atoms with van der Waals surface area (Å²) in [6, 6.07) is 12.8. The van der Waals surface area contributed by atoms with Gasteiger partial charge in [0, 0.05) is 24.8 Å². The normalized spacial score (nSPS) is 15.9. The molecule has 3 heterocycles. The molecule has 0 radical (unpaired) electrons. The Morgan fingerprint density at radius 2 is 1.81 bits per heavy atom. The average Bonchev–Trinajstić information content (AvgIpc) is 3.21. The summed E-state index contributed by atoms with van der Waals surface area (Å²) in [6.07, 6.45) is 2.08. The molecule has 4 aromatic rings. The van der Waals surface area contributed by atoms with Crippen molar-refractivity contribution >= 4 is 22.1 Å². The first-order valence-electron chi connectivity index (χ1n) is 9.13. The van der Waals surface area contributed by atoms with Crippen LogP contribution in [0.1, 0.15) is 30.3 Å². The van der Waals surface area contributed by atoms with E-state index in [1.165, 1.54) is 11.1 Å². The number of imidazole rings is 1. The molecule has 0 saturated carbocycles. The van der Waals surface area contributed by atoms with Crippen LogP contribution in [0.4, 0.5) is 0 Å². The molecule has 1 fully saturated rings. The van der Waals surface area contributed by atoms with Crippen LogP contribution in [0.15, 0.2) is 40.8 Å². The summed E-state index contributed by atoms with van der Waals surface area (Å²) >= 11 is 0. The Hall–Kier alpha value is -2.66. The standard InChI is InChI=1S/C21H21N3O2/c1-13-3-5-17-20(11-13)26-21(23-17)15-4-6-19-18(12-15)22-14(2)24(19)16-7-9-25-10-8-16/h3-6,11-12,16H,7-10H2,1-2H3. The highest BCUT2D eigenvalue weighted by Crippen LogP contribution is 2.31. The summed E-state index contributed by atoms with van der Waals surface area (Å²) in [5.41, 5.74) is 6.00. The van der Waals surface area contributed by atoms with E-state index in [-0.39, 0.29) is 0 Å². The lowest BCUT2D eigenvalue weighted by molar-refractivity contribution is 0.0701. The molecule has 1 aliphatic rings. The lowest BCUT2D eigenvalue weighted by Crippen LogP contribution is -2.20. The molecular formula is C21H21N3O2. The van der Waals surface area contributed by atoms with E-state index in [4.69, 9.17) is 14.1 Å². The third-order valence-electron chi connectivity index (χ3n) is 5.21. The van der Waals surface area contributed by atoms with E-state index >= 15 is 0 Å². The van der Waals surface area contributed by atoms with Gasteiger partial charge in [-0.05, 0) is 62.6 Å². The largest absolute Gasteiger partial charge is 0.436 e. The third-order valence-corrected chi connectivity index (χ3v) is 5.21. The number of hydrogen-bond acceptors (Lipinski definition) is 4. The molecule has 5 rings (SSSR count). The SMILES string of the molecule is Cc1ccc2nc(-c3ccc4c(c3)nc(C)n4C3CCOCC3)oc2c1. The minimum absolute atomic E-state index is 0.465. The Morgan fingerprint density at radius 1 is 0.962 bits per heavy atom. The van der Waals surface area contributed by atoms with Gasteiger partial charge in [0.2, 0.25) is 5.89 Å². The summed E-state index contributed by atoms with van der Waals surface area (Å²) in [7, 11) is 0. The van der Waals surface area contributed by atoms with Crippen molar-refractivity contribution in [2.45, 2.75) is 32.7 Å². The molecule has 0 unspecified atom stereocenters. The van der Waals surface area contributed by atoms with Crippen molar-refractivity contribution < 1.29 is 9.15 Å². The van der Waals surface area contributed by atoms with Gasteiger partial charge < -0.3 is 13.7 Å². The van der Waals surface area contributed by atoms with Gasteiger partial charge in [-0.25, -0.2) is 9.97 Å². The van der Waals surface area contributed by atoms with Crippen LogP contribution in [-0.2, 0) is 4.74 Å². The highest BCUT2D eigenvalue weighted by atomic mass is 16.5. The number of oxazole rings is 1. The van der Waals surface area contributed by atoms with Crippen LogP contribution in [0.5, 0.6) is 0 Å². The van der Waals surface area contributed by atoms with Crippen molar-refractivity contribution in [2.24, 2.45) is 0 Å². The average molecular weight is 347 g/mol. The smallest absolute Gasteiger partial charge is 0.227 e. The fraction of sp³-hybridized carbons (Fsp3) is 0.333. The first kappa shape index (κ1) is 15.6. The minimum Gasteiger partial charge on any atom is -0.436 e. The zero-order chi connectivity index (χ0) is 17.7. The highest BCUT2D eigenvalue weighted by molar-refractivity contribution is 5.83. The predicted molar refractivity (Wildman–Crippen MR) is 101 cm³/mol. The molecule has 2 aromatic heterocycles. The van der Waals surface area contributed by atoms with Crippen LogP contribution >= 0.6 is 0 Å². The number of aromatic nitrogens is 3. The molecule has 5 nitrogen and oxygen atoms in total. The van der Waals surface area contributed by atoms with Crippen LogP contribution in [-0.4, -0.2) is 27.7 Å². The Kier molecular flexibility index (Phi) is 3.57. The summed E-state index contributed by atoms with van der Waals surface area (Å²) in [5.74, 6) is 1.70. The van der Waals surface area contributed by atoms with Crippen LogP contribution in [0.25, 0.3) is 33.6 Å². The van der Waals surface area contributed by atoms with Gasteiger partial charge in [-0.3, -0.25) is 0 Å². The second-order valence-corrected chi connectivity index (χ2v) is 7.07. The molecule has 26 heavy (non-hydrogen) atoms. The molecule has 0 bridgehead atoms. The van der Waals surface area contributed by atoms with Crippen LogP contribution < -0.4 is 0 Å². The first-order chi connectivity index (χ1) is 12.7. The zero-order valence-electron chi connectivity index (χ0n) is 15.0. The number of aryl methyl sites for hydroxylation is 2. The number of hydrogen-bond donors (Lipinski definition) is 0. The van der Waals surface area contributed by atoms with E-state index < -0.39 is 0 Å². The number of ether oxygens (including phenoxy) is 1. The van der Waals surface area contributed by atoms with Gasteiger partial charge in [-0.2, -0.15) is 0 Å². The Labute approximate surface area is 151 Å². The topological polar surface area (TPSA) is 53.1 Å². The van der Waals surface area contributed by atoms with Crippen molar-refractivity contribution in [3.05, 3.63) is 47.8 Å². The maximum Gasteiger partial charge on any atom is 0.227 e. The van der Waals surface area contributed by atoms with Crippen LogP contribution in [0, 0.1) is 13.8 Å². The van der Waals surface area contributed by atoms with Gasteiger partial charge in [0.05, 0.1) is 11.0 Å². The number of benzene rings is 2. The monoisotopic (exact) mass is 347 g/mol. The molecule has 0 atom stereocenters. The van der Waals surface area contributed by atoms with Crippen molar-refractivity contribution in [3.63, 3.8) is 0 Å². The Bertz CT molecular complexity index is 1100. The molecule has 132 valence electrons. The van der Waals surface area contributed by atoms with Gasteiger partial charge in [0.25, 0.3) is 0 Å². The van der Waals surface area contributed by atoms with Crippen molar-refractivity contribution in [1.82, 2.24) is 14.5 Å². The molecule has 2 aromatic carbocycles. The van der Waals surface area contributed by atoms with Crippen LogP contribution in [0.2, 0.25) is 0 Å². The van der Waals surface area contributed by atoms with E-state index in [9.17, 15) is 0 Å². The minimum atomic E-state index is 0.465. The molecule has 0 spiro atoms. The number of rotatable bonds is 2. The number of fused-ring (bicyclic) bond motifs is 2. The summed E-state index contributed by atoms with van der Waals surface area (Å²) in [4.78, 5) is 9.43. The van der Waals surface area contributed by atoms with Gasteiger partial charge in [0.1, 0.15) is 11.3 Å². The summed E-state index contributed by atoms with van der Waals surface area (Å²) in [5, 5.41) is 0. The van der Waals surface area contributed by atoms with E-state index in [2.05, 4.69) is 47.7 Å². The maximum absolute atomic E-state index is 5.97. The molecule has 0 aliphatic carbocycles. The van der Waals surface area contributed by atoms with Crippen molar-refractivity contribution in [2.75, 3.05) is 13.2 Å². The predicted octanol–water partition coefficient (Wildman–Crippen LogP) is 4.81. The van der Waals surface area contributed by atoms with E-state index in [1.54, 1.807) is 0 Å². The van der Waals surface area contributed by atoms with E-state index in [0.29, 0.717) is 11.9 Å². The van der Waals surface area contributed by atoms with E-state index in [0.717, 1.165) is 54.1 Å². The van der Waals surface area contributed by atoms with Crippen molar-refractivity contribution in [3.8, 4) is 11.5 Å². The van der Waals surface area contributed by atoms with Gasteiger partial charge in [0.15, 0.2) is 5.58 Å². The van der Waals surface area contributed by atoms with Gasteiger partial charge >= 0.3 is 0 Å². The summed E-state index contributed by atoms with van der Waals surface area (Å²) < 4.78 is 13.8. The van der Waals surface area contributed by atoms with Gasteiger partial charge in [-0.1, -0.05) is 6.07 Å². The molecule has 1 saturated heterocycles. The van der Waals surface area contributed by atoms with E-state index in [1.807, 2.05) is 12.1 Å². The molecule has 0 amide bonds. The maximum atomic E-state index is 5.97. The quantitative estimate of drug-likeness (QED) is 0.522. The lowest BCUT2D eigenvalue weighted by atomic mass is 10.1. The fourth-order valence-electron chi connectivity index (χ4n) is 3.91. The van der Waals surface area contributed by atoms with Crippen molar-refractivity contribution in [1.29, 1.82) is 0 Å². The van der Waals surface area contributed by atoms with Gasteiger partial charge in [-0.15, -0.1) is 0 Å². The fourth-order valence-corrected chi connectivity index (χ4v) is 3.91. The molecule has 0 N–H and O–H groups in total. The summed E-state index contributed by atoms with van der Waals surface area (Å²) in [6.45, 7) is 5.78. The van der Waals surface area contributed by atoms with Crippen LogP contribution in [0.3, 0.4) is 0 Å². The third kappa shape index (κ3) is 2.51. The zero-order valence-corrected chi connectivity index (χ0v) is 15.0. The number of nitrogens with zero attached hydrogens (tertiary/aromatic N) is 3. The second kappa shape index (κ2) is 5.95. The first-order valence-corrected chi connectivity index (χ1v) is 9.13. The Morgan fingerprint density at radius 3 is 2.65 bits per heavy atom. The molecular weight excluding hydrogens is 326 g/mol. The second-order valence-electron chi connectivity index (χ2n) is 7.07. The highest BCUT2D eigenvalue weighted by Gasteiger charge is 2.20. The lowest BCUT2D eigenvalue weighted by Gasteiger charge is -2.25.